The molecule has 0 spiro atoms. The van der Waals surface area contributed by atoms with Crippen molar-refractivity contribution in [1.82, 2.24) is 4.90 Å². The van der Waals surface area contributed by atoms with Gasteiger partial charge in [0, 0.05) is 30.9 Å². The Labute approximate surface area is 115 Å². The Bertz CT molecular complexity index is 465. The highest BCUT2D eigenvalue weighted by Gasteiger charge is 2.30. The molecule has 4 nitrogen and oxygen atoms in total. The molecule has 1 saturated heterocycles. The number of likely N-dealkylation sites (N-methyl/N-ethyl adjacent to an activating group) is 1. The van der Waals surface area contributed by atoms with Crippen LogP contribution in [0.1, 0.15) is 18.9 Å². The number of anilines is 1. The van der Waals surface area contributed by atoms with E-state index in [1.807, 2.05) is 18.2 Å². The molecule has 1 heterocycles. The summed E-state index contributed by atoms with van der Waals surface area (Å²) in [5.41, 5.74) is 7.60. The van der Waals surface area contributed by atoms with Crippen molar-refractivity contribution in [2.75, 3.05) is 31.6 Å². The second kappa shape index (κ2) is 6.05. The van der Waals surface area contributed by atoms with E-state index in [9.17, 15) is 0 Å². The standard InChI is InChI=1S/C15H22N4/c1-12-10-18(2)11-15(6-7-16)19(12)14-5-3-4-13(8-14)9-17/h3-5,8,12,15H,6-7,10-11,16H2,1-2H3. The van der Waals surface area contributed by atoms with Crippen LogP contribution in [-0.4, -0.2) is 43.7 Å². The van der Waals surface area contributed by atoms with Gasteiger partial charge >= 0.3 is 0 Å². The Balaban J connectivity index is 2.29. The molecule has 2 atom stereocenters. The van der Waals surface area contributed by atoms with Crippen LogP contribution in [0.15, 0.2) is 24.3 Å². The van der Waals surface area contributed by atoms with Gasteiger partial charge in [0.05, 0.1) is 11.6 Å². The average molecular weight is 258 g/mol. The molecule has 19 heavy (non-hydrogen) atoms. The van der Waals surface area contributed by atoms with E-state index in [-0.39, 0.29) is 0 Å². The zero-order valence-corrected chi connectivity index (χ0v) is 11.7. The van der Waals surface area contributed by atoms with Crippen LogP contribution in [0.2, 0.25) is 0 Å². The topological polar surface area (TPSA) is 56.3 Å². The Kier molecular flexibility index (Phi) is 4.41. The summed E-state index contributed by atoms with van der Waals surface area (Å²) in [7, 11) is 2.16. The number of hydrogen-bond acceptors (Lipinski definition) is 4. The van der Waals surface area contributed by atoms with Gasteiger partial charge in [-0.25, -0.2) is 0 Å². The molecule has 0 aliphatic carbocycles. The third kappa shape index (κ3) is 3.06. The molecular weight excluding hydrogens is 236 g/mol. The van der Waals surface area contributed by atoms with E-state index in [1.165, 1.54) is 0 Å². The first-order valence-electron chi connectivity index (χ1n) is 6.82. The van der Waals surface area contributed by atoms with Crippen molar-refractivity contribution in [3.63, 3.8) is 0 Å². The smallest absolute Gasteiger partial charge is 0.0992 e. The van der Waals surface area contributed by atoms with Crippen molar-refractivity contribution in [3.05, 3.63) is 29.8 Å². The molecule has 0 bridgehead atoms. The van der Waals surface area contributed by atoms with Crippen LogP contribution in [-0.2, 0) is 0 Å². The fourth-order valence-electron chi connectivity index (χ4n) is 3.05. The minimum Gasteiger partial charge on any atom is -0.363 e. The number of nitrogens with two attached hydrogens (primary N) is 1. The molecule has 1 fully saturated rings. The van der Waals surface area contributed by atoms with Crippen LogP contribution in [0.25, 0.3) is 0 Å². The predicted molar refractivity (Wildman–Crippen MR) is 78.1 cm³/mol. The van der Waals surface area contributed by atoms with Crippen LogP contribution in [0.5, 0.6) is 0 Å². The quantitative estimate of drug-likeness (QED) is 0.891. The molecule has 0 amide bonds. The average Bonchev–Trinajstić information content (AvgIpc) is 2.38. The predicted octanol–water partition coefficient (Wildman–Crippen LogP) is 1.42. The molecule has 1 aliphatic heterocycles. The minimum absolute atomic E-state index is 0.424. The molecule has 2 unspecified atom stereocenters. The highest BCUT2D eigenvalue weighted by Crippen LogP contribution is 2.26. The fraction of sp³-hybridized carbons (Fsp3) is 0.533. The van der Waals surface area contributed by atoms with Gasteiger partial charge in [0.15, 0.2) is 0 Å². The highest BCUT2D eigenvalue weighted by molar-refractivity contribution is 5.53. The van der Waals surface area contributed by atoms with E-state index in [0.29, 0.717) is 18.6 Å². The second-order valence-corrected chi connectivity index (χ2v) is 5.37. The Morgan fingerprint density at radius 1 is 1.42 bits per heavy atom. The maximum atomic E-state index is 9.04. The van der Waals surface area contributed by atoms with Crippen LogP contribution >= 0.6 is 0 Å². The van der Waals surface area contributed by atoms with E-state index in [1.54, 1.807) is 0 Å². The molecular formula is C15H22N4. The number of piperazine rings is 1. The summed E-state index contributed by atoms with van der Waals surface area (Å²) in [6.07, 6.45) is 0.978. The van der Waals surface area contributed by atoms with Crippen LogP contribution in [0.3, 0.4) is 0 Å². The fourth-order valence-corrected chi connectivity index (χ4v) is 3.05. The van der Waals surface area contributed by atoms with Crippen LogP contribution in [0, 0.1) is 11.3 Å². The molecule has 1 aromatic carbocycles. The zero-order valence-electron chi connectivity index (χ0n) is 11.7. The van der Waals surface area contributed by atoms with E-state index in [2.05, 4.69) is 35.9 Å². The van der Waals surface area contributed by atoms with Gasteiger partial charge < -0.3 is 15.5 Å². The van der Waals surface area contributed by atoms with Crippen molar-refractivity contribution in [2.24, 2.45) is 5.73 Å². The lowest BCUT2D eigenvalue weighted by molar-refractivity contribution is 0.227. The summed E-state index contributed by atoms with van der Waals surface area (Å²) < 4.78 is 0. The van der Waals surface area contributed by atoms with Crippen LogP contribution < -0.4 is 10.6 Å². The van der Waals surface area contributed by atoms with E-state index >= 15 is 0 Å². The van der Waals surface area contributed by atoms with Crippen molar-refractivity contribution in [2.45, 2.75) is 25.4 Å². The van der Waals surface area contributed by atoms with Gasteiger partial charge in [0.1, 0.15) is 0 Å². The first-order valence-corrected chi connectivity index (χ1v) is 6.82. The van der Waals surface area contributed by atoms with Gasteiger partial charge in [-0.2, -0.15) is 5.26 Å². The lowest BCUT2D eigenvalue weighted by Crippen LogP contribution is -2.57. The maximum Gasteiger partial charge on any atom is 0.0992 e. The zero-order chi connectivity index (χ0) is 13.8. The van der Waals surface area contributed by atoms with Gasteiger partial charge in [0.25, 0.3) is 0 Å². The molecule has 1 aliphatic rings. The summed E-state index contributed by atoms with van der Waals surface area (Å²) >= 11 is 0. The summed E-state index contributed by atoms with van der Waals surface area (Å²) in [5, 5.41) is 9.04. The SMILES string of the molecule is CC1CN(C)CC(CCN)N1c1cccc(C#N)c1. The van der Waals surface area contributed by atoms with Gasteiger partial charge in [-0.15, -0.1) is 0 Å². The van der Waals surface area contributed by atoms with Gasteiger partial charge in [0.2, 0.25) is 0 Å². The molecule has 1 aromatic rings. The lowest BCUT2D eigenvalue weighted by Gasteiger charge is -2.46. The summed E-state index contributed by atoms with van der Waals surface area (Å²) in [6, 6.07) is 10.9. The minimum atomic E-state index is 0.424. The molecule has 2 rings (SSSR count). The lowest BCUT2D eigenvalue weighted by atomic mass is 10.0. The normalized spacial score (nSPS) is 24.2. The Hall–Kier alpha value is -1.57. The summed E-state index contributed by atoms with van der Waals surface area (Å²) in [6.45, 7) is 4.99. The third-order valence-corrected chi connectivity index (χ3v) is 3.74. The maximum absolute atomic E-state index is 9.04. The van der Waals surface area contributed by atoms with Crippen molar-refractivity contribution < 1.29 is 0 Å². The van der Waals surface area contributed by atoms with Crippen molar-refractivity contribution in [3.8, 4) is 6.07 Å². The Morgan fingerprint density at radius 2 is 2.21 bits per heavy atom. The Morgan fingerprint density at radius 3 is 2.89 bits per heavy atom. The van der Waals surface area contributed by atoms with E-state index in [0.717, 1.165) is 30.8 Å². The monoisotopic (exact) mass is 258 g/mol. The van der Waals surface area contributed by atoms with Gasteiger partial charge in [-0.1, -0.05) is 6.07 Å². The molecule has 4 heteroatoms. The number of nitrogens with zero attached hydrogens (tertiary/aromatic N) is 3. The second-order valence-electron chi connectivity index (χ2n) is 5.37. The summed E-state index contributed by atoms with van der Waals surface area (Å²) in [5.74, 6) is 0. The number of nitriles is 1. The van der Waals surface area contributed by atoms with Crippen LogP contribution in [0.4, 0.5) is 5.69 Å². The largest absolute Gasteiger partial charge is 0.363 e. The first-order chi connectivity index (χ1) is 9.15. The third-order valence-electron chi connectivity index (χ3n) is 3.74. The molecule has 102 valence electrons. The van der Waals surface area contributed by atoms with Crippen molar-refractivity contribution in [1.29, 1.82) is 5.26 Å². The van der Waals surface area contributed by atoms with E-state index < -0.39 is 0 Å². The first kappa shape index (κ1) is 13.9. The van der Waals surface area contributed by atoms with Gasteiger partial charge in [-0.3, -0.25) is 0 Å². The molecule has 0 radical (unpaired) electrons. The molecule has 0 saturated carbocycles. The number of hydrogen-bond donors (Lipinski definition) is 1. The van der Waals surface area contributed by atoms with Crippen molar-refractivity contribution >= 4 is 5.69 Å². The molecule has 2 N–H and O–H groups in total. The summed E-state index contributed by atoms with van der Waals surface area (Å²) in [4.78, 5) is 4.78. The van der Waals surface area contributed by atoms with E-state index in [4.69, 9.17) is 11.0 Å². The molecule has 0 aromatic heterocycles. The number of rotatable bonds is 3. The highest BCUT2D eigenvalue weighted by atomic mass is 15.3. The van der Waals surface area contributed by atoms with Gasteiger partial charge in [-0.05, 0) is 45.1 Å². The number of benzene rings is 1.